The van der Waals surface area contributed by atoms with Crippen LogP contribution in [0.3, 0.4) is 0 Å². The van der Waals surface area contributed by atoms with E-state index < -0.39 is 0 Å². The molecule has 0 amide bonds. The van der Waals surface area contributed by atoms with Gasteiger partial charge in [-0.05, 0) is 12.2 Å². The molecule has 0 fully saturated rings. The number of hydrogen-bond acceptors (Lipinski definition) is 4. The van der Waals surface area contributed by atoms with E-state index in [1.165, 1.54) is 11.5 Å². The summed E-state index contributed by atoms with van der Waals surface area (Å²) in [5.41, 5.74) is 0. The van der Waals surface area contributed by atoms with Crippen LogP contribution in [0.2, 0.25) is 0 Å². The highest BCUT2D eigenvalue weighted by atomic mass is 32.2. The molecule has 0 aliphatic rings. The molecule has 0 radical (unpaired) electrons. The third-order valence-electron chi connectivity index (χ3n) is 1.54. The van der Waals surface area contributed by atoms with Gasteiger partial charge in [0.05, 0.1) is 6.61 Å². The molecule has 0 aromatic carbocycles. The lowest BCUT2D eigenvalue weighted by Crippen LogP contribution is -2.21. The molecule has 80 valence electrons. The van der Waals surface area contributed by atoms with Gasteiger partial charge < -0.3 is 14.8 Å². The fourth-order valence-corrected chi connectivity index (χ4v) is 1.67. The summed E-state index contributed by atoms with van der Waals surface area (Å²) in [7, 11) is 3.47. The zero-order chi connectivity index (χ0) is 9.78. The van der Waals surface area contributed by atoms with E-state index >= 15 is 0 Å². The first-order valence-electron chi connectivity index (χ1n) is 4.68. The normalized spacial score (nSPS) is 10.6. The van der Waals surface area contributed by atoms with E-state index in [0.29, 0.717) is 0 Å². The number of ether oxygens (including phenoxy) is 2. The van der Waals surface area contributed by atoms with Crippen LogP contribution in [0.15, 0.2) is 0 Å². The Bertz CT molecular complexity index is 83.7. The van der Waals surface area contributed by atoms with Gasteiger partial charge in [-0.2, -0.15) is 11.8 Å². The van der Waals surface area contributed by atoms with Crippen molar-refractivity contribution in [2.75, 3.05) is 52.0 Å². The molecule has 1 N–H and O–H groups in total. The maximum Gasteiger partial charge on any atom is 0.0587 e. The quantitative estimate of drug-likeness (QED) is 0.541. The largest absolute Gasteiger partial charge is 0.385 e. The molecule has 0 unspecified atom stereocenters. The van der Waals surface area contributed by atoms with Crippen LogP contribution >= 0.6 is 11.8 Å². The van der Waals surface area contributed by atoms with Gasteiger partial charge >= 0.3 is 0 Å². The number of rotatable bonds is 10. The second kappa shape index (κ2) is 12.2. The van der Waals surface area contributed by atoms with Crippen LogP contribution in [0.5, 0.6) is 0 Å². The predicted octanol–water partition coefficient (Wildman–Crippen LogP) is 0.992. The standard InChI is InChI=1S/C9H21NO2S/c1-11-6-3-8-13-9-5-10-4-7-12-2/h10H,3-9H2,1-2H3. The highest BCUT2D eigenvalue weighted by Crippen LogP contribution is 2.00. The highest BCUT2D eigenvalue weighted by molar-refractivity contribution is 7.99. The van der Waals surface area contributed by atoms with Gasteiger partial charge in [0.2, 0.25) is 0 Å². The lowest BCUT2D eigenvalue weighted by atomic mass is 10.5. The Kier molecular flexibility index (Phi) is 12.4. The highest BCUT2D eigenvalue weighted by Gasteiger charge is 1.89. The van der Waals surface area contributed by atoms with E-state index in [2.05, 4.69) is 5.32 Å². The van der Waals surface area contributed by atoms with Crippen LogP contribution in [0.1, 0.15) is 6.42 Å². The van der Waals surface area contributed by atoms with Crippen molar-refractivity contribution in [1.82, 2.24) is 5.32 Å². The van der Waals surface area contributed by atoms with Crippen LogP contribution < -0.4 is 5.32 Å². The van der Waals surface area contributed by atoms with Crippen LogP contribution in [0.4, 0.5) is 0 Å². The van der Waals surface area contributed by atoms with Crippen LogP contribution in [-0.4, -0.2) is 52.0 Å². The van der Waals surface area contributed by atoms with Crippen LogP contribution in [-0.2, 0) is 9.47 Å². The summed E-state index contributed by atoms with van der Waals surface area (Å²) in [4.78, 5) is 0. The second-order valence-electron chi connectivity index (χ2n) is 2.70. The molecule has 0 saturated heterocycles. The van der Waals surface area contributed by atoms with Crippen molar-refractivity contribution >= 4 is 11.8 Å². The third kappa shape index (κ3) is 12.2. The van der Waals surface area contributed by atoms with Gasteiger partial charge in [0.25, 0.3) is 0 Å². The van der Waals surface area contributed by atoms with E-state index in [-0.39, 0.29) is 0 Å². The Labute approximate surface area is 85.6 Å². The van der Waals surface area contributed by atoms with Gasteiger partial charge in [0, 0.05) is 39.7 Å². The van der Waals surface area contributed by atoms with Gasteiger partial charge in [-0.3, -0.25) is 0 Å². The minimum atomic E-state index is 0.800. The molecular weight excluding hydrogens is 186 g/mol. The molecule has 0 heterocycles. The van der Waals surface area contributed by atoms with E-state index in [1.807, 2.05) is 11.8 Å². The second-order valence-corrected chi connectivity index (χ2v) is 3.93. The van der Waals surface area contributed by atoms with Crippen molar-refractivity contribution in [2.45, 2.75) is 6.42 Å². The minimum Gasteiger partial charge on any atom is -0.385 e. The summed E-state index contributed by atoms with van der Waals surface area (Å²) in [6, 6.07) is 0. The van der Waals surface area contributed by atoms with Gasteiger partial charge in [0.15, 0.2) is 0 Å². The zero-order valence-electron chi connectivity index (χ0n) is 8.67. The smallest absolute Gasteiger partial charge is 0.0587 e. The number of methoxy groups -OCH3 is 2. The lowest BCUT2D eigenvalue weighted by molar-refractivity contribution is 0.200. The first kappa shape index (κ1) is 13.2. The summed E-state index contributed by atoms with van der Waals surface area (Å²) >= 11 is 1.97. The Balaban J connectivity index is 2.76. The number of nitrogens with one attached hydrogen (secondary N) is 1. The Hall–Kier alpha value is 0.230. The molecule has 0 saturated carbocycles. The average molecular weight is 207 g/mol. The molecule has 4 heteroatoms. The third-order valence-corrected chi connectivity index (χ3v) is 2.61. The fraction of sp³-hybridized carbons (Fsp3) is 1.00. The van der Waals surface area contributed by atoms with Gasteiger partial charge in [0.1, 0.15) is 0 Å². The maximum atomic E-state index is 4.96. The average Bonchev–Trinajstić information content (AvgIpc) is 2.16. The number of hydrogen-bond donors (Lipinski definition) is 1. The molecule has 0 atom stereocenters. The molecule has 0 bridgehead atoms. The SMILES string of the molecule is COCCCSCCNCCOC. The van der Waals surface area contributed by atoms with Crippen LogP contribution in [0.25, 0.3) is 0 Å². The first-order valence-corrected chi connectivity index (χ1v) is 5.83. The molecule has 0 spiro atoms. The lowest BCUT2D eigenvalue weighted by Gasteiger charge is -2.03. The maximum absolute atomic E-state index is 4.96. The molecule has 0 aromatic heterocycles. The van der Waals surface area contributed by atoms with E-state index in [1.54, 1.807) is 14.2 Å². The molecular formula is C9H21NO2S. The number of thioether (sulfide) groups is 1. The molecule has 0 aromatic rings. The van der Waals surface area contributed by atoms with E-state index in [4.69, 9.17) is 9.47 Å². The van der Waals surface area contributed by atoms with Crippen LogP contribution in [0, 0.1) is 0 Å². The summed E-state index contributed by atoms with van der Waals surface area (Å²) in [6.07, 6.45) is 1.15. The predicted molar refractivity (Wildman–Crippen MR) is 58.6 cm³/mol. The summed E-state index contributed by atoms with van der Waals surface area (Å²) in [6.45, 7) is 3.70. The molecule has 0 rings (SSSR count). The summed E-state index contributed by atoms with van der Waals surface area (Å²) in [5.74, 6) is 2.37. The zero-order valence-corrected chi connectivity index (χ0v) is 9.49. The van der Waals surface area contributed by atoms with Crippen molar-refractivity contribution in [3.05, 3.63) is 0 Å². The Morgan fingerprint density at radius 2 is 1.77 bits per heavy atom. The first-order chi connectivity index (χ1) is 6.41. The van der Waals surface area contributed by atoms with Gasteiger partial charge in [-0.25, -0.2) is 0 Å². The van der Waals surface area contributed by atoms with Gasteiger partial charge in [-0.1, -0.05) is 0 Å². The van der Waals surface area contributed by atoms with E-state index in [0.717, 1.165) is 32.7 Å². The van der Waals surface area contributed by atoms with Crippen molar-refractivity contribution in [3.63, 3.8) is 0 Å². The fourth-order valence-electron chi connectivity index (χ4n) is 0.851. The summed E-state index contributed by atoms with van der Waals surface area (Å²) < 4.78 is 9.87. The monoisotopic (exact) mass is 207 g/mol. The van der Waals surface area contributed by atoms with E-state index in [9.17, 15) is 0 Å². The van der Waals surface area contributed by atoms with Crippen molar-refractivity contribution in [2.24, 2.45) is 0 Å². The topological polar surface area (TPSA) is 30.5 Å². The molecule has 13 heavy (non-hydrogen) atoms. The molecule has 0 aliphatic heterocycles. The van der Waals surface area contributed by atoms with Crippen molar-refractivity contribution in [3.8, 4) is 0 Å². The Morgan fingerprint density at radius 3 is 2.46 bits per heavy atom. The van der Waals surface area contributed by atoms with Crippen molar-refractivity contribution in [1.29, 1.82) is 0 Å². The summed E-state index contributed by atoms with van der Waals surface area (Å²) in [5, 5.41) is 3.30. The van der Waals surface area contributed by atoms with Crippen molar-refractivity contribution < 1.29 is 9.47 Å². The molecule has 3 nitrogen and oxygen atoms in total. The Morgan fingerprint density at radius 1 is 1.00 bits per heavy atom. The van der Waals surface area contributed by atoms with Gasteiger partial charge in [-0.15, -0.1) is 0 Å². The molecule has 0 aliphatic carbocycles. The minimum absolute atomic E-state index is 0.800.